The number of hydrogen-bond acceptors (Lipinski definition) is 4. The predicted octanol–water partition coefficient (Wildman–Crippen LogP) is 3.87. The van der Waals surface area contributed by atoms with Crippen molar-refractivity contribution in [3.8, 4) is 5.75 Å². The van der Waals surface area contributed by atoms with E-state index in [0.29, 0.717) is 45.5 Å². The van der Waals surface area contributed by atoms with E-state index in [0.717, 1.165) is 44.3 Å². The Hall–Kier alpha value is -2.86. The SMILES string of the molecule is N[C@@H](CCc1ccccc1)C(=O)N1CCC2(CCCCCc3ccccc3OCCNC2=O)CC1. The Kier molecular flexibility index (Phi) is 8.80. The molecule has 2 heterocycles. The topological polar surface area (TPSA) is 84.7 Å². The Bertz CT molecular complexity index is 970. The van der Waals surface area contributed by atoms with Crippen LogP contribution >= 0.6 is 0 Å². The van der Waals surface area contributed by atoms with Gasteiger partial charge in [0.2, 0.25) is 11.8 Å². The lowest BCUT2D eigenvalue weighted by Crippen LogP contribution is -2.53. The molecule has 1 spiro atoms. The number of ether oxygens (including phenoxy) is 1. The number of fused-ring (bicyclic) bond motifs is 1. The number of likely N-dealkylation sites (tertiary alicyclic amines) is 1. The normalized spacial score (nSPS) is 19.8. The smallest absolute Gasteiger partial charge is 0.239 e. The van der Waals surface area contributed by atoms with Gasteiger partial charge in [0, 0.05) is 13.1 Å². The first-order valence-corrected chi connectivity index (χ1v) is 13.1. The molecule has 0 aliphatic carbocycles. The molecule has 2 aromatic rings. The molecule has 1 saturated heterocycles. The van der Waals surface area contributed by atoms with Crippen molar-refractivity contribution >= 4 is 11.8 Å². The molecule has 1 atom stereocenters. The molecule has 6 heteroatoms. The molecular weight excluding hydrogens is 438 g/mol. The fraction of sp³-hybridized carbons (Fsp3) is 0.517. The number of nitrogens with one attached hydrogen (secondary N) is 1. The summed E-state index contributed by atoms with van der Waals surface area (Å²) in [5, 5.41) is 3.13. The van der Waals surface area contributed by atoms with Gasteiger partial charge in [-0.3, -0.25) is 9.59 Å². The summed E-state index contributed by atoms with van der Waals surface area (Å²) >= 11 is 0. The van der Waals surface area contributed by atoms with E-state index in [4.69, 9.17) is 10.5 Å². The lowest BCUT2D eigenvalue weighted by molar-refractivity contribution is -0.142. The van der Waals surface area contributed by atoms with E-state index < -0.39 is 11.5 Å². The van der Waals surface area contributed by atoms with E-state index in [9.17, 15) is 9.59 Å². The lowest BCUT2D eigenvalue weighted by atomic mass is 9.73. The van der Waals surface area contributed by atoms with Crippen molar-refractivity contribution in [3.63, 3.8) is 0 Å². The first-order valence-electron chi connectivity index (χ1n) is 13.1. The van der Waals surface area contributed by atoms with Crippen LogP contribution in [0.2, 0.25) is 0 Å². The molecule has 0 bridgehead atoms. The Labute approximate surface area is 209 Å². The van der Waals surface area contributed by atoms with Crippen LogP contribution in [0, 0.1) is 5.41 Å². The number of nitrogens with zero attached hydrogens (tertiary/aromatic N) is 1. The average molecular weight is 478 g/mol. The zero-order valence-electron chi connectivity index (χ0n) is 20.7. The van der Waals surface area contributed by atoms with Gasteiger partial charge in [-0.15, -0.1) is 0 Å². The molecule has 2 amide bonds. The van der Waals surface area contributed by atoms with Crippen LogP contribution in [0.15, 0.2) is 54.6 Å². The molecule has 0 saturated carbocycles. The summed E-state index contributed by atoms with van der Waals surface area (Å²) in [4.78, 5) is 28.2. The van der Waals surface area contributed by atoms with Crippen LogP contribution in [0.4, 0.5) is 0 Å². The summed E-state index contributed by atoms with van der Waals surface area (Å²) in [7, 11) is 0. The van der Waals surface area contributed by atoms with Crippen molar-refractivity contribution in [2.24, 2.45) is 11.1 Å². The maximum Gasteiger partial charge on any atom is 0.239 e. The minimum Gasteiger partial charge on any atom is -0.491 e. The van der Waals surface area contributed by atoms with Gasteiger partial charge in [0.15, 0.2) is 0 Å². The van der Waals surface area contributed by atoms with Crippen molar-refractivity contribution < 1.29 is 14.3 Å². The highest BCUT2D eigenvalue weighted by Crippen LogP contribution is 2.38. The fourth-order valence-corrected chi connectivity index (χ4v) is 5.39. The number of carbonyl (C=O) groups excluding carboxylic acids is 2. The van der Waals surface area contributed by atoms with E-state index in [1.807, 2.05) is 35.2 Å². The quantitative estimate of drug-likeness (QED) is 0.700. The highest BCUT2D eigenvalue weighted by molar-refractivity contribution is 5.84. The molecule has 3 N–H and O–H groups in total. The van der Waals surface area contributed by atoms with Gasteiger partial charge < -0.3 is 20.7 Å². The van der Waals surface area contributed by atoms with Crippen LogP contribution in [0.3, 0.4) is 0 Å². The van der Waals surface area contributed by atoms with E-state index in [1.54, 1.807) is 0 Å². The molecule has 0 aromatic heterocycles. The lowest BCUT2D eigenvalue weighted by Gasteiger charge is -2.41. The minimum absolute atomic E-state index is 0.00648. The second-order valence-electron chi connectivity index (χ2n) is 10.0. The maximum atomic E-state index is 13.3. The third kappa shape index (κ3) is 6.63. The van der Waals surface area contributed by atoms with Gasteiger partial charge in [-0.25, -0.2) is 0 Å². The van der Waals surface area contributed by atoms with Crippen molar-refractivity contribution in [1.82, 2.24) is 10.2 Å². The molecule has 35 heavy (non-hydrogen) atoms. The first-order chi connectivity index (χ1) is 17.1. The zero-order chi connectivity index (χ0) is 24.5. The summed E-state index contributed by atoms with van der Waals surface area (Å²) in [6, 6.07) is 17.8. The molecule has 2 aliphatic heterocycles. The van der Waals surface area contributed by atoms with Crippen LogP contribution in [-0.4, -0.2) is 49.0 Å². The summed E-state index contributed by atoms with van der Waals surface area (Å²) in [5.74, 6) is 1.03. The van der Waals surface area contributed by atoms with Gasteiger partial charge in [0.05, 0.1) is 18.0 Å². The van der Waals surface area contributed by atoms with Crippen molar-refractivity contribution in [2.45, 2.75) is 63.8 Å². The maximum absolute atomic E-state index is 13.3. The van der Waals surface area contributed by atoms with Gasteiger partial charge in [0.25, 0.3) is 0 Å². The van der Waals surface area contributed by atoms with E-state index >= 15 is 0 Å². The standard InChI is InChI=1S/C29H39N3O3/c30-25(15-14-23-9-3-1-4-10-23)27(33)32-20-17-29(18-21-32)16-8-2-5-11-24-12-6-7-13-26(24)35-22-19-31-28(29)34/h1,3-4,6-7,9-10,12-13,25H,2,5,8,11,14-22,30H2,(H,31,34)/t25-/m0/s1. The number of amides is 2. The summed E-state index contributed by atoms with van der Waals surface area (Å²) in [6.07, 6.45) is 7.84. The highest BCUT2D eigenvalue weighted by atomic mass is 16.5. The van der Waals surface area contributed by atoms with Crippen LogP contribution in [0.25, 0.3) is 0 Å². The third-order valence-corrected chi connectivity index (χ3v) is 7.64. The molecule has 188 valence electrons. The van der Waals surface area contributed by atoms with Gasteiger partial charge in [-0.1, -0.05) is 61.4 Å². The number of aryl methyl sites for hydroxylation is 2. The zero-order valence-corrected chi connectivity index (χ0v) is 20.7. The van der Waals surface area contributed by atoms with E-state index in [2.05, 4.69) is 29.6 Å². The molecular formula is C29H39N3O3. The van der Waals surface area contributed by atoms with Crippen LogP contribution in [-0.2, 0) is 22.4 Å². The Morgan fingerprint density at radius 1 is 1.00 bits per heavy atom. The van der Waals surface area contributed by atoms with Crippen LogP contribution < -0.4 is 15.8 Å². The molecule has 0 radical (unpaired) electrons. The number of para-hydroxylation sites is 1. The number of hydrogen-bond donors (Lipinski definition) is 2. The van der Waals surface area contributed by atoms with Crippen molar-refractivity contribution in [1.29, 1.82) is 0 Å². The van der Waals surface area contributed by atoms with Gasteiger partial charge in [-0.05, 0) is 62.1 Å². The molecule has 6 nitrogen and oxygen atoms in total. The van der Waals surface area contributed by atoms with Crippen LogP contribution in [0.1, 0.15) is 56.1 Å². The van der Waals surface area contributed by atoms with Crippen molar-refractivity contribution in [2.75, 3.05) is 26.2 Å². The van der Waals surface area contributed by atoms with Crippen LogP contribution in [0.5, 0.6) is 5.75 Å². The Balaban J connectivity index is 1.32. The Morgan fingerprint density at radius 2 is 1.74 bits per heavy atom. The highest BCUT2D eigenvalue weighted by Gasteiger charge is 2.42. The van der Waals surface area contributed by atoms with E-state index in [-0.39, 0.29) is 11.8 Å². The van der Waals surface area contributed by atoms with Gasteiger partial charge in [0.1, 0.15) is 12.4 Å². The van der Waals surface area contributed by atoms with Crippen molar-refractivity contribution in [3.05, 3.63) is 65.7 Å². The first kappa shape index (κ1) is 25.2. The van der Waals surface area contributed by atoms with Gasteiger partial charge in [-0.2, -0.15) is 0 Å². The third-order valence-electron chi connectivity index (χ3n) is 7.64. The molecule has 2 aromatic carbocycles. The van der Waals surface area contributed by atoms with E-state index in [1.165, 1.54) is 11.1 Å². The summed E-state index contributed by atoms with van der Waals surface area (Å²) < 4.78 is 5.97. The fourth-order valence-electron chi connectivity index (χ4n) is 5.39. The minimum atomic E-state index is -0.503. The number of carbonyl (C=O) groups is 2. The Morgan fingerprint density at radius 3 is 2.54 bits per heavy atom. The number of benzene rings is 2. The average Bonchev–Trinajstić information content (AvgIpc) is 2.91. The number of nitrogens with two attached hydrogens (primary N) is 1. The largest absolute Gasteiger partial charge is 0.491 e. The summed E-state index contributed by atoms with van der Waals surface area (Å²) in [5.41, 5.74) is 8.30. The molecule has 2 aliphatic rings. The second-order valence-corrected chi connectivity index (χ2v) is 10.0. The molecule has 0 unspecified atom stereocenters. The van der Waals surface area contributed by atoms with Gasteiger partial charge >= 0.3 is 0 Å². The summed E-state index contributed by atoms with van der Waals surface area (Å²) in [6.45, 7) is 2.13. The number of rotatable bonds is 4. The number of piperidine rings is 1. The molecule has 4 rings (SSSR count). The molecule has 1 fully saturated rings. The monoisotopic (exact) mass is 477 g/mol. The predicted molar refractivity (Wildman–Crippen MR) is 138 cm³/mol. The second kappa shape index (κ2) is 12.2.